The first-order valence-electron chi connectivity index (χ1n) is 17.9. The van der Waals surface area contributed by atoms with Crippen LogP contribution in [0.2, 0.25) is 0 Å². The molecule has 0 saturated carbocycles. The Morgan fingerprint density at radius 3 is 1.47 bits per heavy atom. The zero-order chi connectivity index (χ0) is 40.6. The van der Waals surface area contributed by atoms with E-state index in [-0.39, 0.29) is 22.6 Å². The number of benzene rings is 6. The lowest BCUT2D eigenvalue weighted by atomic mass is 9.66. The summed E-state index contributed by atoms with van der Waals surface area (Å²) in [5, 5.41) is 38.4. The molecule has 0 atom stereocenters. The van der Waals surface area contributed by atoms with Crippen LogP contribution < -0.4 is 9.47 Å². The van der Waals surface area contributed by atoms with Crippen LogP contribution in [0.3, 0.4) is 0 Å². The van der Waals surface area contributed by atoms with E-state index in [9.17, 15) is 44.4 Å². The van der Waals surface area contributed by atoms with E-state index >= 15 is 0 Å². The van der Waals surface area contributed by atoms with Gasteiger partial charge in [0.05, 0.1) is 27.7 Å². The molecule has 0 fully saturated rings. The molecule has 1 aliphatic rings. The largest absolute Gasteiger partial charge is 0.478 e. The average Bonchev–Trinajstić information content (AvgIpc) is 3.52. The van der Waals surface area contributed by atoms with E-state index in [0.29, 0.717) is 29.9 Å². The van der Waals surface area contributed by atoms with Gasteiger partial charge in [-0.2, -0.15) is 0 Å². The normalized spacial score (nSPS) is 12.2. The van der Waals surface area contributed by atoms with Gasteiger partial charge in [-0.25, -0.2) is 19.2 Å². The lowest BCUT2D eigenvalue weighted by Crippen LogP contribution is -2.30. The van der Waals surface area contributed by atoms with E-state index < -0.39 is 40.4 Å². The van der Waals surface area contributed by atoms with Gasteiger partial charge in [-0.3, -0.25) is 4.79 Å². The Balaban J connectivity index is 1.42. The molecule has 6 aromatic carbocycles. The Labute approximate surface area is 326 Å². The van der Waals surface area contributed by atoms with Gasteiger partial charge in [-0.15, -0.1) is 0 Å². The second-order valence-electron chi connectivity index (χ2n) is 13.4. The number of hydrogen-bond donors (Lipinski definition) is 4. The summed E-state index contributed by atoms with van der Waals surface area (Å²) in [6, 6.07) is 32.5. The number of carbonyl (C=O) groups is 5. The van der Waals surface area contributed by atoms with Crippen LogP contribution in [0.25, 0.3) is 11.1 Å². The number of carboxylic acid groups (broad SMARTS) is 4. The molecule has 0 saturated heterocycles. The summed E-state index contributed by atoms with van der Waals surface area (Å²) in [5.74, 6) is -4.41. The Hall–Kier alpha value is -7.53. The molecule has 0 spiro atoms. The Bertz CT molecular complexity index is 2530. The van der Waals surface area contributed by atoms with Crippen LogP contribution >= 0.6 is 0 Å². The molecular weight excluding hydrogens is 728 g/mol. The van der Waals surface area contributed by atoms with Crippen molar-refractivity contribution < 1.29 is 53.9 Å². The molecule has 0 aliphatic heterocycles. The molecule has 11 heteroatoms. The fourth-order valence-corrected chi connectivity index (χ4v) is 7.79. The van der Waals surface area contributed by atoms with Gasteiger partial charge in [0, 0.05) is 5.56 Å². The summed E-state index contributed by atoms with van der Waals surface area (Å²) in [6.07, 6.45) is 1.83. The summed E-state index contributed by atoms with van der Waals surface area (Å²) >= 11 is 0. The van der Waals surface area contributed by atoms with E-state index in [2.05, 4.69) is 0 Å². The Morgan fingerprint density at radius 1 is 0.544 bits per heavy atom. The first-order valence-corrected chi connectivity index (χ1v) is 17.9. The van der Waals surface area contributed by atoms with Crippen molar-refractivity contribution in [2.75, 3.05) is 0 Å². The zero-order valence-corrected chi connectivity index (χ0v) is 30.6. The van der Waals surface area contributed by atoms with Crippen LogP contribution in [-0.4, -0.2) is 50.6 Å². The maximum atomic E-state index is 12.9. The minimum Gasteiger partial charge on any atom is -0.478 e. The Kier molecular flexibility index (Phi) is 9.91. The van der Waals surface area contributed by atoms with Crippen molar-refractivity contribution in [3.63, 3.8) is 0 Å². The highest BCUT2D eigenvalue weighted by Crippen LogP contribution is 2.58. The third-order valence-corrected chi connectivity index (χ3v) is 10.3. The highest BCUT2D eigenvalue weighted by molar-refractivity contribution is 6.03. The number of aromatic carboxylic acids is 4. The van der Waals surface area contributed by atoms with E-state index in [1.165, 1.54) is 36.4 Å². The number of hydrogen-bond acceptors (Lipinski definition) is 7. The number of aryl methyl sites for hydroxylation is 2. The minimum atomic E-state index is -1.40. The summed E-state index contributed by atoms with van der Waals surface area (Å²) in [6.45, 7) is 3.89. The van der Waals surface area contributed by atoms with Gasteiger partial charge in [0.1, 0.15) is 29.3 Å². The van der Waals surface area contributed by atoms with Crippen molar-refractivity contribution in [1.82, 2.24) is 0 Å². The number of ether oxygens (including phenoxy) is 2. The smallest absolute Gasteiger partial charge is 0.336 e. The van der Waals surface area contributed by atoms with Gasteiger partial charge in [0.25, 0.3) is 0 Å². The zero-order valence-electron chi connectivity index (χ0n) is 30.6. The molecule has 0 unspecified atom stereocenters. The molecule has 284 valence electrons. The summed E-state index contributed by atoms with van der Waals surface area (Å²) in [4.78, 5) is 60.1. The van der Waals surface area contributed by atoms with Gasteiger partial charge >= 0.3 is 23.9 Å². The van der Waals surface area contributed by atoms with Crippen LogP contribution in [0, 0.1) is 0 Å². The number of fused-ring (bicyclic) bond motifs is 3. The molecule has 0 heterocycles. The molecule has 57 heavy (non-hydrogen) atoms. The number of aldehydes is 1. The monoisotopic (exact) mass is 762 g/mol. The maximum Gasteiger partial charge on any atom is 0.336 e. The summed E-state index contributed by atoms with van der Waals surface area (Å²) in [5.41, 5.74) is 4.55. The molecule has 1 aliphatic carbocycles. The fourth-order valence-electron chi connectivity index (χ4n) is 7.79. The highest BCUT2D eigenvalue weighted by Gasteiger charge is 2.48. The molecule has 7 rings (SSSR count). The van der Waals surface area contributed by atoms with Gasteiger partial charge in [-0.05, 0) is 106 Å². The van der Waals surface area contributed by atoms with Crippen molar-refractivity contribution in [1.29, 1.82) is 0 Å². The van der Waals surface area contributed by atoms with Crippen molar-refractivity contribution >= 4 is 30.2 Å². The third-order valence-electron chi connectivity index (χ3n) is 10.3. The number of carbonyl (C=O) groups excluding carboxylic acids is 1. The van der Waals surface area contributed by atoms with Gasteiger partial charge < -0.3 is 29.9 Å². The lowest BCUT2D eigenvalue weighted by molar-refractivity contribution is 0.0651. The van der Waals surface area contributed by atoms with Gasteiger partial charge in [-0.1, -0.05) is 80.6 Å². The second kappa shape index (κ2) is 15.0. The summed E-state index contributed by atoms with van der Waals surface area (Å²) < 4.78 is 12.4. The van der Waals surface area contributed by atoms with E-state index in [1.807, 2.05) is 74.5 Å². The highest BCUT2D eigenvalue weighted by atomic mass is 16.5. The molecule has 0 radical (unpaired) electrons. The molecule has 0 bridgehead atoms. The van der Waals surface area contributed by atoms with Crippen LogP contribution in [0.1, 0.15) is 99.0 Å². The fraction of sp³-hybridized carbons (Fsp3) is 0.109. The van der Waals surface area contributed by atoms with Crippen LogP contribution in [0.5, 0.6) is 23.0 Å². The molecule has 0 aromatic heterocycles. The van der Waals surface area contributed by atoms with Gasteiger partial charge in [0.2, 0.25) is 0 Å². The quantitative estimate of drug-likeness (QED) is 0.0821. The predicted molar refractivity (Wildman–Crippen MR) is 209 cm³/mol. The van der Waals surface area contributed by atoms with Crippen LogP contribution in [0.15, 0.2) is 115 Å². The first kappa shape index (κ1) is 37.8. The predicted octanol–water partition coefficient (Wildman–Crippen LogP) is 9.36. The van der Waals surface area contributed by atoms with E-state index in [0.717, 1.165) is 50.8 Å². The number of carboxylic acids is 4. The standard InChI is InChI=1S/C46H34O11/c1-3-25-20-28(12-18-39(25)56-30-14-16-34(42(48)49)36(22-30)44(52)53)46(38-11-6-5-9-32(38)33-10-7-8-27(24-47)41(33)46)29-13-19-40(26(4-2)21-29)57-31-15-17-35(43(50)51)37(23-31)45(54)55/h5-24H,3-4H2,1-2H3,(H,48,49)(H,50,51)(H,52,53)(H,54,55). The molecule has 6 aromatic rings. The van der Waals surface area contributed by atoms with E-state index in [1.54, 1.807) is 18.2 Å². The second-order valence-corrected chi connectivity index (χ2v) is 13.4. The molecule has 0 amide bonds. The van der Waals surface area contributed by atoms with Crippen molar-refractivity contribution in [3.05, 3.63) is 176 Å². The topological polar surface area (TPSA) is 185 Å². The lowest BCUT2D eigenvalue weighted by Gasteiger charge is -2.35. The molecular formula is C46H34O11. The summed E-state index contributed by atoms with van der Waals surface area (Å²) in [7, 11) is 0. The SMILES string of the molecule is CCc1cc(C2(c3ccc(Oc4ccc(C(=O)O)c(C(=O)O)c4)c(CC)c3)c3ccccc3-c3cccc(C=O)c32)ccc1Oc1ccc(C(=O)O)c(C(=O)O)c1. The minimum absolute atomic E-state index is 0.144. The van der Waals surface area contributed by atoms with Crippen LogP contribution in [0.4, 0.5) is 0 Å². The average molecular weight is 763 g/mol. The molecule has 4 N–H and O–H groups in total. The van der Waals surface area contributed by atoms with Crippen molar-refractivity contribution in [3.8, 4) is 34.1 Å². The van der Waals surface area contributed by atoms with Gasteiger partial charge in [0.15, 0.2) is 0 Å². The Morgan fingerprint density at radius 2 is 1.02 bits per heavy atom. The first-order chi connectivity index (χ1) is 27.4. The molecule has 11 nitrogen and oxygen atoms in total. The van der Waals surface area contributed by atoms with Crippen molar-refractivity contribution in [2.45, 2.75) is 32.1 Å². The van der Waals surface area contributed by atoms with E-state index in [4.69, 9.17) is 9.47 Å². The number of rotatable bonds is 13. The van der Waals surface area contributed by atoms with Crippen LogP contribution in [-0.2, 0) is 18.3 Å². The maximum absolute atomic E-state index is 12.9. The third kappa shape index (κ3) is 6.44. The van der Waals surface area contributed by atoms with Crippen molar-refractivity contribution in [2.24, 2.45) is 0 Å².